The molecule has 0 saturated carbocycles. The molecule has 4 rings (SSSR count). The zero-order chi connectivity index (χ0) is 19.3. The number of rotatable bonds is 6. The molecule has 5 nitrogen and oxygen atoms in total. The zero-order valence-corrected chi connectivity index (χ0v) is 17.0. The Balaban J connectivity index is 1.60. The van der Waals surface area contributed by atoms with Crippen molar-refractivity contribution in [1.82, 2.24) is 14.5 Å². The van der Waals surface area contributed by atoms with Gasteiger partial charge in [0.2, 0.25) is 0 Å². The highest BCUT2D eigenvalue weighted by atomic mass is 32.2. The van der Waals surface area contributed by atoms with Gasteiger partial charge in [-0.3, -0.25) is 14.3 Å². The second-order valence-electron chi connectivity index (χ2n) is 7.09. The van der Waals surface area contributed by atoms with Crippen LogP contribution in [0, 0.1) is 6.92 Å². The van der Waals surface area contributed by atoms with Crippen molar-refractivity contribution in [2.75, 3.05) is 38.6 Å². The Kier molecular flexibility index (Phi) is 6.10. The number of aryl methyl sites for hydroxylation is 1. The van der Waals surface area contributed by atoms with Crippen LogP contribution in [0.3, 0.4) is 0 Å². The summed E-state index contributed by atoms with van der Waals surface area (Å²) < 4.78 is 7.23. The summed E-state index contributed by atoms with van der Waals surface area (Å²) in [5.41, 5.74) is 3.12. The van der Waals surface area contributed by atoms with E-state index in [2.05, 4.69) is 36.1 Å². The van der Waals surface area contributed by atoms with Gasteiger partial charge in [-0.1, -0.05) is 53.7 Å². The largest absolute Gasteiger partial charge is 0.379 e. The molecule has 0 amide bonds. The van der Waals surface area contributed by atoms with Crippen LogP contribution in [0.2, 0.25) is 0 Å². The van der Waals surface area contributed by atoms with E-state index < -0.39 is 0 Å². The van der Waals surface area contributed by atoms with E-state index in [1.807, 2.05) is 28.8 Å². The summed E-state index contributed by atoms with van der Waals surface area (Å²) in [4.78, 5) is 20.4. The summed E-state index contributed by atoms with van der Waals surface area (Å²) >= 11 is 1.66. The lowest BCUT2D eigenvalue weighted by Crippen LogP contribution is -2.37. The molecule has 1 fully saturated rings. The Labute approximate surface area is 169 Å². The van der Waals surface area contributed by atoms with Crippen molar-refractivity contribution in [3.8, 4) is 0 Å². The highest BCUT2D eigenvalue weighted by molar-refractivity contribution is 7.99. The third-order valence-corrected chi connectivity index (χ3v) is 5.99. The van der Waals surface area contributed by atoms with Gasteiger partial charge in [0.25, 0.3) is 5.56 Å². The van der Waals surface area contributed by atoms with Gasteiger partial charge in [0.05, 0.1) is 30.7 Å². The van der Waals surface area contributed by atoms with Gasteiger partial charge in [-0.2, -0.15) is 0 Å². The van der Waals surface area contributed by atoms with Crippen molar-refractivity contribution in [3.05, 3.63) is 70.0 Å². The first-order valence-electron chi connectivity index (χ1n) is 9.69. The molecule has 0 spiro atoms. The molecule has 1 aromatic heterocycles. The number of benzene rings is 2. The Hall–Kier alpha value is -2.15. The van der Waals surface area contributed by atoms with Crippen LogP contribution >= 0.6 is 11.8 Å². The van der Waals surface area contributed by atoms with Gasteiger partial charge in [0, 0.05) is 25.4 Å². The highest BCUT2D eigenvalue weighted by Gasteiger charge is 2.14. The molecular weight excluding hydrogens is 370 g/mol. The van der Waals surface area contributed by atoms with Crippen molar-refractivity contribution in [2.45, 2.75) is 18.6 Å². The average Bonchev–Trinajstić information content (AvgIpc) is 2.73. The number of fused-ring (bicyclic) bond motifs is 1. The fraction of sp³-hybridized carbons (Fsp3) is 0.364. The van der Waals surface area contributed by atoms with E-state index in [0.717, 1.165) is 54.8 Å². The maximum absolute atomic E-state index is 13.2. The Morgan fingerprint density at radius 2 is 1.82 bits per heavy atom. The predicted molar refractivity (Wildman–Crippen MR) is 114 cm³/mol. The number of para-hydroxylation sites is 1. The van der Waals surface area contributed by atoms with Crippen molar-refractivity contribution in [2.24, 2.45) is 0 Å². The molecule has 0 radical (unpaired) electrons. The van der Waals surface area contributed by atoms with Crippen molar-refractivity contribution >= 4 is 22.7 Å². The first-order valence-corrected chi connectivity index (χ1v) is 10.7. The molecule has 0 unspecified atom stereocenters. The molecule has 2 aromatic carbocycles. The smallest absolute Gasteiger partial charge is 0.262 e. The second kappa shape index (κ2) is 8.90. The van der Waals surface area contributed by atoms with E-state index >= 15 is 0 Å². The number of hydrogen-bond acceptors (Lipinski definition) is 5. The van der Waals surface area contributed by atoms with Gasteiger partial charge >= 0.3 is 0 Å². The molecule has 0 aliphatic carbocycles. The summed E-state index contributed by atoms with van der Waals surface area (Å²) in [5.74, 6) is 0.901. The monoisotopic (exact) mass is 395 g/mol. The lowest BCUT2D eigenvalue weighted by atomic mass is 10.1. The number of hydrogen-bond donors (Lipinski definition) is 0. The Bertz CT molecular complexity index is 995. The van der Waals surface area contributed by atoms with Gasteiger partial charge in [-0.15, -0.1) is 0 Å². The van der Waals surface area contributed by atoms with Gasteiger partial charge < -0.3 is 4.74 Å². The maximum atomic E-state index is 13.2. The normalized spacial score (nSPS) is 15.2. The summed E-state index contributed by atoms with van der Waals surface area (Å²) in [6.07, 6.45) is 0. The molecular formula is C22H25N3O2S. The number of aromatic nitrogens is 2. The van der Waals surface area contributed by atoms with Crippen LogP contribution in [-0.2, 0) is 11.3 Å². The minimum atomic E-state index is 0.0278. The van der Waals surface area contributed by atoms with E-state index in [0.29, 0.717) is 11.9 Å². The minimum Gasteiger partial charge on any atom is -0.379 e. The third-order valence-electron chi connectivity index (χ3n) is 5.03. The van der Waals surface area contributed by atoms with E-state index in [1.165, 1.54) is 5.56 Å². The topological polar surface area (TPSA) is 47.4 Å². The molecule has 1 aliphatic heterocycles. The average molecular weight is 396 g/mol. The van der Waals surface area contributed by atoms with Crippen LogP contribution in [0.4, 0.5) is 0 Å². The number of nitrogens with zero attached hydrogens (tertiary/aromatic N) is 3. The van der Waals surface area contributed by atoms with Crippen LogP contribution in [0.25, 0.3) is 10.9 Å². The summed E-state index contributed by atoms with van der Waals surface area (Å²) in [6, 6.07) is 15.9. The predicted octanol–water partition coefficient (Wildman–Crippen LogP) is 3.18. The van der Waals surface area contributed by atoms with E-state index in [9.17, 15) is 4.79 Å². The van der Waals surface area contributed by atoms with Gasteiger partial charge in [0.1, 0.15) is 0 Å². The van der Waals surface area contributed by atoms with Crippen LogP contribution in [0.15, 0.2) is 58.5 Å². The van der Waals surface area contributed by atoms with E-state index in [1.54, 1.807) is 11.8 Å². The molecule has 6 heteroatoms. The molecule has 146 valence electrons. The molecule has 0 N–H and O–H groups in total. The first kappa shape index (κ1) is 19.2. The number of thioether (sulfide) groups is 1. The summed E-state index contributed by atoms with van der Waals surface area (Å²) in [7, 11) is 0. The van der Waals surface area contributed by atoms with Crippen molar-refractivity contribution in [1.29, 1.82) is 0 Å². The van der Waals surface area contributed by atoms with Gasteiger partial charge in [0.15, 0.2) is 5.16 Å². The quantitative estimate of drug-likeness (QED) is 0.474. The zero-order valence-electron chi connectivity index (χ0n) is 16.1. The standard InChI is InChI=1S/C22H25N3O2S/c1-17-6-8-18(9-7-17)16-25-21(26)19-4-2-3-5-20(19)23-22(25)28-15-12-24-10-13-27-14-11-24/h2-9H,10-16H2,1H3. The lowest BCUT2D eigenvalue weighted by Gasteiger charge is -2.26. The SMILES string of the molecule is Cc1ccc(Cn2c(SCCN3CCOCC3)nc3ccccc3c2=O)cc1. The maximum Gasteiger partial charge on any atom is 0.262 e. The highest BCUT2D eigenvalue weighted by Crippen LogP contribution is 2.19. The summed E-state index contributed by atoms with van der Waals surface area (Å²) in [5, 5.41) is 1.46. The number of ether oxygens (including phenoxy) is 1. The van der Waals surface area contributed by atoms with Crippen LogP contribution in [0.5, 0.6) is 0 Å². The first-order chi connectivity index (χ1) is 13.7. The molecule has 2 heterocycles. The third kappa shape index (κ3) is 4.46. The molecule has 3 aromatic rings. The lowest BCUT2D eigenvalue weighted by molar-refractivity contribution is 0.0410. The second-order valence-corrected chi connectivity index (χ2v) is 8.15. The number of morpholine rings is 1. The Morgan fingerprint density at radius 1 is 1.07 bits per heavy atom. The fourth-order valence-electron chi connectivity index (χ4n) is 3.36. The van der Waals surface area contributed by atoms with Crippen LogP contribution in [0.1, 0.15) is 11.1 Å². The molecule has 1 saturated heterocycles. The van der Waals surface area contributed by atoms with Crippen molar-refractivity contribution in [3.63, 3.8) is 0 Å². The minimum absolute atomic E-state index is 0.0278. The molecule has 28 heavy (non-hydrogen) atoms. The fourth-order valence-corrected chi connectivity index (χ4v) is 4.36. The van der Waals surface area contributed by atoms with Gasteiger partial charge in [-0.25, -0.2) is 4.98 Å². The van der Waals surface area contributed by atoms with Gasteiger partial charge in [-0.05, 0) is 24.6 Å². The molecule has 0 atom stereocenters. The van der Waals surface area contributed by atoms with E-state index in [4.69, 9.17) is 9.72 Å². The van der Waals surface area contributed by atoms with Crippen LogP contribution < -0.4 is 5.56 Å². The molecule has 0 bridgehead atoms. The van der Waals surface area contributed by atoms with E-state index in [-0.39, 0.29) is 5.56 Å². The Morgan fingerprint density at radius 3 is 2.61 bits per heavy atom. The summed E-state index contributed by atoms with van der Waals surface area (Å²) in [6.45, 7) is 7.14. The molecule has 1 aliphatic rings. The van der Waals surface area contributed by atoms with Crippen molar-refractivity contribution < 1.29 is 4.74 Å². The van der Waals surface area contributed by atoms with Crippen LogP contribution in [-0.4, -0.2) is 53.1 Å².